The van der Waals surface area contributed by atoms with Crippen molar-refractivity contribution < 1.29 is 107 Å². The Balaban J connectivity index is -0.000000101. The van der Waals surface area contributed by atoms with Gasteiger partial charge in [0.15, 0.2) is 6.29 Å². The number of aliphatic hydroxyl groups is 5. The molecule has 10 heteroatoms. The molecule has 0 saturated carbocycles. The third kappa shape index (κ3) is 10.8. The van der Waals surface area contributed by atoms with Gasteiger partial charge in [-0.05, 0) is 0 Å². The number of aliphatic hydroxyl groups excluding tert-OH is 5. The minimum atomic E-state index is -1.79. The number of hydrogen-bond acceptors (Lipinski definition) is 7. The predicted octanol–water partition coefficient (Wildman–Crippen LogP) is -12.5. The smallest absolute Gasteiger partial charge is 1.00 e. The summed E-state index contributed by atoms with van der Waals surface area (Å²) in [6.07, 6.45) is -6.84. The quantitative estimate of drug-likeness (QED) is 0.248. The Kier molecular flexibility index (Phi) is 32.0. The van der Waals surface area contributed by atoms with Crippen LogP contribution in [0.25, 0.3) is 0 Å². The number of carbonyl (C=O) groups excluding carboxylic acids is 1. The van der Waals surface area contributed by atoms with Crippen LogP contribution in [-0.2, 0) is 4.79 Å². The maximum atomic E-state index is 9.90. The summed E-state index contributed by atoms with van der Waals surface area (Å²) in [6, 6.07) is 0. The van der Waals surface area contributed by atoms with Crippen molar-refractivity contribution in [3.63, 3.8) is 0 Å². The predicted molar refractivity (Wildman–Crippen MR) is 39.1 cm³/mol. The minimum absolute atomic E-state index is 0. The van der Waals surface area contributed by atoms with Gasteiger partial charge in [0.2, 0.25) is 0 Å². The standard InChI is InChI=1S/C6H12O6.ClH.2Na.H2O/c7-1-3(9)5(11)6(12)4(10)2-8;;;;/h1,3-6,8-12H,2H2;1H;;;1H2/q;;2*+1;/p-2/t3-,4+,5+,6+;;;;/m0..../s1. The monoisotopic (exact) mass is 278 g/mol. The van der Waals surface area contributed by atoms with E-state index in [0.717, 1.165) is 0 Å². The van der Waals surface area contributed by atoms with Gasteiger partial charge in [-0.3, -0.25) is 0 Å². The van der Waals surface area contributed by atoms with Gasteiger partial charge in [0, 0.05) is 0 Å². The molecule has 7 nitrogen and oxygen atoms in total. The molecule has 0 unspecified atom stereocenters. The van der Waals surface area contributed by atoms with Gasteiger partial charge in [-0.15, -0.1) is 0 Å². The van der Waals surface area contributed by atoms with Crippen LogP contribution in [0.15, 0.2) is 0 Å². The molecule has 0 rings (SSSR count). The Morgan fingerprint density at radius 3 is 1.62 bits per heavy atom. The first-order valence-corrected chi connectivity index (χ1v) is 3.33. The van der Waals surface area contributed by atoms with Crippen LogP contribution in [0.4, 0.5) is 0 Å². The Morgan fingerprint density at radius 1 is 1.00 bits per heavy atom. The Labute approximate surface area is 143 Å². The van der Waals surface area contributed by atoms with E-state index < -0.39 is 31.0 Å². The van der Waals surface area contributed by atoms with E-state index in [1.807, 2.05) is 0 Å². The van der Waals surface area contributed by atoms with Crippen molar-refractivity contribution in [1.82, 2.24) is 0 Å². The number of hydrogen-bond donors (Lipinski definition) is 5. The summed E-state index contributed by atoms with van der Waals surface area (Å²) >= 11 is 0. The molecule has 0 amide bonds. The van der Waals surface area contributed by atoms with Crippen molar-refractivity contribution in [3.8, 4) is 0 Å². The van der Waals surface area contributed by atoms with E-state index >= 15 is 0 Å². The molecule has 4 atom stereocenters. The molecule has 88 valence electrons. The van der Waals surface area contributed by atoms with E-state index in [9.17, 15) is 4.79 Å². The molecule has 16 heavy (non-hydrogen) atoms. The fraction of sp³-hybridized carbons (Fsp3) is 0.833. The molecule has 0 aliphatic rings. The van der Waals surface area contributed by atoms with Gasteiger partial charge < -0.3 is 48.2 Å². The van der Waals surface area contributed by atoms with Gasteiger partial charge >= 0.3 is 59.1 Å². The molecular weight excluding hydrogens is 265 g/mol. The molecule has 0 saturated heterocycles. The summed E-state index contributed by atoms with van der Waals surface area (Å²) in [7, 11) is 0. The second-order valence-electron chi connectivity index (χ2n) is 2.36. The molecule has 0 spiro atoms. The van der Waals surface area contributed by atoms with Gasteiger partial charge in [0.25, 0.3) is 0 Å². The topological polar surface area (TPSA) is 148 Å². The van der Waals surface area contributed by atoms with Crippen molar-refractivity contribution in [3.05, 3.63) is 0 Å². The average Bonchev–Trinajstić information content (AvgIpc) is 2.12. The van der Waals surface area contributed by atoms with Crippen LogP contribution in [0.1, 0.15) is 0 Å². The normalized spacial score (nSPS) is 15.8. The van der Waals surface area contributed by atoms with Crippen molar-refractivity contribution in [2.24, 2.45) is 0 Å². The van der Waals surface area contributed by atoms with Crippen LogP contribution in [0, 0.1) is 0 Å². The van der Waals surface area contributed by atoms with Crippen LogP contribution >= 0.6 is 0 Å². The molecule has 0 radical (unpaired) electrons. The average molecular weight is 279 g/mol. The minimum Gasteiger partial charge on any atom is -1.00 e. The van der Waals surface area contributed by atoms with E-state index in [-0.39, 0.29) is 83.3 Å². The SMILES string of the molecule is O=C[C@H](O)[C@@H](O)[C@H](O)[C@H](O)CO.[Cl-].[Na+].[Na+].[OH-]. The van der Waals surface area contributed by atoms with Gasteiger partial charge in [-0.2, -0.15) is 0 Å². The van der Waals surface area contributed by atoms with Gasteiger partial charge in [-0.1, -0.05) is 0 Å². The largest absolute Gasteiger partial charge is 1.00 e. The summed E-state index contributed by atoms with van der Waals surface area (Å²) < 4.78 is 0. The maximum Gasteiger partial charge on any atom is 1.00 e. The number of rotatable bonds is 5. The van der Waals surface area contributed by atoms with E-state index in [1.54, 1.807) is 0 Å². The summed E-state index contributed by atoms with van der Waals surface area (Å²) in [5.41, 5.74) is 0. The summed E-state index contributed by atoms with van der Waals surface area (Å²) in [5, 5.41) is 43.5. The molecule has 0 aliphatic carbocycles. The molecule has 6 N–H and O–H groups in total. The second-order valence-corrected chi connectivity index (χ2v) is 2.36. The van der Waals surface area contributed by atoms with Crippen molar-refractivity contribution >= 4 is 6.29 Å². The molecule has 0 aromatic heterocycles. The van der Waals surface area contributed by atoms with Crippen LogP contribution < -0.4 is 71.5 Å². The first kappa shape index (κ1) is 30.6. The summed E-state index contributed by atoms with van der Waals surface area (Å²) in [4.78, 5) is 9.90. The zero-order valence-corrected chi connectivity index (χ0v) is 13.8. The van der Waals surface area contributed by atoms with Crippen LogP contribution in [0.3, 0.4) is 0 Å². The molecule has 0 heterocycles. The zero-order chi connectivity index (χ0) is 9.72. The molecular formula is C6H13ClNa2O7. The zero-order valence-electron chi connectivity index (χ0n) is 9.06. The van der Waals surface area contributed by atoms with E-state index in [1.165, 1.54) is 0 Å². The van der Waals surface area contributed by atoms with E-state index in [2.05, 4.69) is 0 Å². The molecule has 0 aliphatic heterocycles. The van der Waals surface area contributed by atoms with Crippen molar-refractivity contribution in [2.75, 3.05) is 6.61 Å². The Bertz CT molecular complexity index is 153. The number of aldehydes is 1. The molecule has 0 aromatic carbocycles. The fourth-order valence-electron chi connectivity index (χ4n) is 0.618. The number of carbonyl (C=O) groups is 1. The van der Waals surface area contributed by atoms with Crippen molar-refractivity contribution in [1.29, 1.82) is 0 Å². The third-order valence-electron chi connectivity index (χ3n) is 1.42. The van der Waals surface area contributed by atoms with Crippen molar-refractivity contribution in [2.45, 2.75) is 24.4 Å². The Morgan fingerprint density at radius 2 is 1.38 bits per heavy atom. The molecule has 0 aromatic rings. The van der Waals surface area contributed by atoms with Gasteiger partial charge in [0.1, 0.15) is 24.4 Å². The summed E-state index contributed by atoms with van der Waals surface area (Å²) in [5.74, 6) is 0. The summed E-state index contributed by atoms with van der Waals surface area (Å²) in [6.45, 7) is -0.760. The maximum absolute atomic E-state index is 9.90. The van der Waals surface area contributed by atoms with Crippen LogP contribution in [-0.4, -0.2) is 68.3 Å². The first-order valence-electron chi connectivity index (χ1n) is 3.33. The Hall–Kier alpha value is 1.72. The molecule has 0 bridgehead atoms. The second kappa shape index (κ2) is 16.7. The van der Waals surface area contributed by atoms with Crippen LogP contribution in [0.2, 0.25) is 0 Å². The van der Waals surface area contributed by atoms with E-state index in [0.29, 0.717) is 0 Å². The third-order valence-corrected chi connectivity index (χ3v) is 1.42. The molecule has 0 fully saturated rings. The van der Waals surface area contributed by atoms with Gasteiger partial charge in [0.05, 0.1) is 6.61 Å². The van der Waals surface area contributed by atoms with Crippen LogP contribution in [0.5, 0.6) is 0 Å². The van der Waals surface area contributed by atoms with E-state index in [4.69, 9.17) is 25.5 Å². The number of halogens is 1. The van der Waals surface area contributed by atoms with Gasteiger partial charge in [-0.25, -0.2) is 0 Å². The first-order chi connectivity index (χ1) is 5.54. The fourth-order valence-corrected chi connectivity index (χ4v) is 0.618.